The molecule has 0 saturated carbocycles. The van der Waals surface area contributed by atoms with Crippen molar-refractivity contribution in [3.05, 3.63) is 70.3 Å². The van der Waals surface area contributed by atoms with Crippen molar-refractivity contribution in [2.24, 2.45) is 0 Å². The Morgan fingerprint density at radius 2 is 1.78 bits per heavy atom. The lowest BCUT2D eigenvalue weighted by atomic mass is 9.95. The molecule has 0 spiro atoms. The van der Waals surface area contributed by atoms with Crippen molar-refractivity contribution >= 4 is 29.1 Å². The van der Waals surface area contributed by atoms with Crippen molar-refractivity contribution in [1.82, 2.24) is 9.80 Å². The Hall–Kier alpha value is -2.87. The lowest BCUT2D eigenvalue weighted by Gasteiger charge is -2.29. The number of ketones is 1. The number of carbonyl (C=O) groups is 2. The summed E-state index contributed by atoms with van der Waals surface area (Å²) in [6.07, 6.45) is 0.670. The van der Waals surface area contributed by atoms with Crippen LogP contribution in [0.3, 0.4) is 0 Å². The predicted molar refractivity (Wildman–Crippen MR) is 120 cm³/mol. The van der Waals surface area contributed by atoms with E-state index in [9.17, 15) is 19.8 Å². The maximum Gasteiger partial charge on any atom is 0.295 e. The van der Waals surface area contributed by atoms with Gasteiger partial charge < -0.3 is 19.8 Å². The number of nitrogens with zero attached hydrogens (tertiary/aromatic N) is 2. The van der Waals surface area contributed by atoms with E-state index in [0.29, 0.717) is 42.3 Å². The fraction of sp³-hybridized carbons (Fsp3) is 0.333. The van der Waals surface area contributed by atoms with E-state index >= 15 is 0 Å². The van der Waals surface area contributed by atoms with Gasteiger partial charge in [0.15, 0.2) is 0 Å². The highest BCUT2D eigenvalue weighted by molar-refractivity contribution is 6.46. The average molecular weight is 457 g/mol. The van der Waals surface area contributed by atoms with E-state index in [2.05, 4.69) is 4.90 Å². The van der Waals surface area contributed by atoms with Gasteiger partial charge in [-0.2, -0.15) is 0 Å². The standard InChI is InChI=1S/C24H25ClN2O5/c25-18-7-5-16(6-8-18)22(29)20-21(17-3-1-4-19(28)15-17)27(24(31)23(20)30)10-2-9-26-11-13-32-14-12-26/h1,3-8,15,21,28-29H,2,9-14H2/t21-/m1/s1. The molecule has 168 valence electrons. The van der Waals surface area contributed by atoms with Gasteiger partial charge in [0, 0.05) is 36.8 Å². The molecule has 2 heterocycles. The quantitative estimate of drug-likeness (QED) is 0.394. The number of halogens is 1. The maximum absolute atomic E-state index is 13.0. The highest BCUT2D eigenvalue weighted by Gasteiger charge is 2.45. The molecule has 0 unspecified atom stereocenters. The van der Waals surface area contributed by atoms with Gasteiger partial charge in [0.05, 0.1) is 24.8 Å². The number of phenolic OH excluding ortho intramolecular Hbond substituents is 1. The summed E-state index contributed by atoms with van der Waals surface area (Å²) in [4.78, 5) is 29.7. The largest absolute Gasteiger partial charge is 0.508 e. The van der Waals surface area contributed by atoms with Gasteiger partial charge in [0.2, 0.25) is 0 Å². The number of benzene rings is 2. The summed E-state index contributed by atoms with van der Waals surface area (Å²) >= 11 is 5.95. The van der Waals surface area contributed by atoms with Crippen LogP contribution in [0.4, 0.5) is 0 Å². The summed E-state index contributed by atoms with van der Waals surface area (Å²) in [5.41, 5.74) is 0.964. The number of hydrogen-bond donors (Lipinski definition) is 2. The number of carbonyl (C=O) groups excluding carboxylic acids is 2. The minimum absolute atomic E-state index is 0.00861. The third-order valence-electron chi connectivity index (χ3n) is 5.82. The van der Waals surface area contributed by atoms with E-state index in [1.807, 2.05) is 0 Å². The number of phenols is 1. The summed E-state index contributed by atoms with van der Waals surface area (Å²) in [5.74, 6) is -1.63. The van der Waals surface area contributed by atoms with E-state index in [1.54, 1.807) is 36.4 Å². The van der Waals surface area contributed by atoms with Crippen molar-refractivity contribution in [2.75, 3.05) is 39.4 Å². The Balaban J connectivity index is 1.67. The zero-order valence-corrected chi connectivity index (χ0v) is 18.3. The Bertz CT molecular complexity index is 1030. The molecule has 7 nitrogen and oxygen atoms in total. The number of hydrogen-bond acceptors (Lipinski definition) is 6. The van der Waals surface area contributed by atoms with Gasteiger partial charge in [-0.3, -0.25) is 14.5 Å². The van der Waals surface area contributed by atoms with Crippen LogP contribution in [0.15, 0.2) is 54.1 Å². The molecule has 2 aliphatic rings. The summed E-state index contributed by atoms with van der Waals surface area (Å²) in [5, 5.41) is 21.5. The van der Waals surface area contributed by atoms with E-state index in [4.69, 9.17) is 16.3 Å². The number of morpholine rings is 1. The third-order valence-corrected chi connectivity index (χ3v) is 6.07. The van der Waals surface area contributed by atoms with E-state index < -0.39 is 17.7 Å². The number of aliphatic hydroxyl groups is 1. The summed E-state index contributed by atoms with van der Waals surface area (Å²) in [6, 6.07) is 12.1. The smallest absolute Gasteiger partial charge is 0.295 e. The molecule has 4 rings (SSSR count). The molecule has 2 aromatic carbocycles. The van der Waals surface area contributed by atoms with Gasteiger partial charge in [-0.25, -0.2) is 0 Å². The number of aliphatic hydroxyl groups excluding tert-OH is 1. The molecule has 2 aliphatic heterocycles. The van der Waals surface area contributed by atoms with Crippen molar-refractivity contribution in [3.8, 4) is 5.75 Å². The zero-order valence-electron chi connectivity index (χ0n) is 17.5. The molecule has 1 atom stereocenters. The fourth-order valence-corrected chi connectivity index (χ4v) is 4.33. The second-order valence-corrected chi connectivity index (χ2v) is 8.34. The van der Waals surface area contributed by atoms with Crippen LogP contribution in [0, 0.1) is 0 Å². The maximum atomic E-state index is 13.0. The molecular weight excluding hydrogens is 432 g/mol. The highest BCUT2D eigenvalue weighted by Crippen LogP contribution is 2.40. The Morgan fingerprint density at radius 3 is 2.47 bits per heavy atom. The van der Waals surface area contributed by atoms with Crippen LogP contribution in [-0.2, 0) is 14.3 Å². The van der Waals surface area contributed by atoms with Crippen LogP contribution in [-0.4, -0.2) is 71.1 Å². The fourth-order valence-electron chi connectivity index (χ4n) is 4.20. The van der Waals surface area contributed by atoms with Crippen molar-refractivity contribution in [2.45, 2.75) is 12.5 Å². The van der Waals surface area contributed by atoms with Crippen LogP contribution in [0.2, 0.25) is 5.02 Å². The first-order valence-electron chi connectivity index (χ1n) is 10.6. The molecular formula is C24H25ClN2O5. The first kappa shape index (κ1) is 22.3. The van der Waals surface area contributed by atoms with Crippen LogP contribution in [0.25, 0.3) is 5.76 Å². The second-order valence-electron chi connectivity index (χ2n) is 7.90. The molecule has 2 fully saturated rings. The monoisotopic (exact) mass is 456 g/mol. The Kier molecular flexibility index (Phi) is 6.79. The molecule has 0 radical (unpaired) electrons. The van der Waals surface area contributed by atoms with Gasteiger partial charge in [-0.05, 0) is 48.4 Å². The van der Waals surface area contributed by atoms with Crippen molar-refractivity contribution in [3.63, 3.8) is 0 Å². The third kappa shape index (κ3) is 4.65. The summed E-state index contributed by atoms with van der Waals surface area (Å²) < 4.78 is 5.37. The van der Waals surface area contributed by atoms with Crippen LogP contribution in [0.1, 0.15) is 23.6 Å². The number of ether oxygens (including phenoxy) is 1. The Morgan fingerprint density at radius 1 is 1.06 bits per heavy atom. The molecule has 2 saturated heterocycles. The van der Waals surface area contributed by atoms with Gasteiger partial charge >= 0.3 is 0 Å². The Labute approximate surface area is 191 Å². The molecule has 0 bridgehead atoms. The normalized spacial score (nSPS) is 21.3. The molecule has 2 N–H and O–H groups in total. The number of rotatable bonds is 6. The number of amides is 1. The van der Waals surface area contributed by atoms with E-state index in [0.717, 1.165) is 19.6 Å². The number of aromatic hydroxyl groups is 1. The van der Waals surface area contributed by atoms with Crippen LogP contribution < -0.4 is 0 Å². The van der Waals surface area contributed by atoms with Crippen molar-refractivity contribution < 1.29 is 24.5 Å². The lowest BCUT2D eigenvalue weighted by Crippen LogP contribution is -2.38. The van der Waals surface area contributed by atoms with Crippen LogP contribution in [0.5, 0.6) is 5.75 Å². The number of likely N-dealkylation sites (tertiary alicyclic amines) is 1. The molecule has 0 aromatic heterocycles. The van der Waals surface area contributed by atoms with Gasteiger partial charge in [-0.1, -0.05) is 23.7 Å². The second kappa shape index (κ2) is 9.73. The molecule has 1 amide bonds. The minimum Gasteiger partial charge on any atom is -0.508 e. The topological polar surface area (TPSA) is 90.3 Å². The van der Waals surface area contributed by atoms with Crippen LogP contribution >= 0.6 is 11.6 Å². The van der Waals surface area contributed by atoms with Crippen molar-refractivity contribution in [1.29, 1.82) is 0 Å². The lowest BCUT2D eigenvalue weighted by molar-refractivity contribution is -0.140. The van der Waals surface area contributed by atoms with Gasteiger partial charge in [0.25, 0.3) is 11.7 Å². The van der Waals surface area contributed by atoms with Gasteiger partial charge in [0.1, 0.15) is 11.5 Å². The minimum atomic E-state index is -0.789. The first-order valence-corrected chi connectivity index (χ1v) is 11.0. The molecule has 8 heteroatoms. The average Bonchev–Trinajstić information content (AvgIpc) is 3.05. The predicted octanol–water partition coefficient (Wildman–Crippen LogP) is 3.19. The molecule has 0 aliphatic carbocycles. The first-order chi connectivity index (χ1) is 15.5. The SMILES string of the molecule is O=C1C(=O)N(CCCN2CCOCC2)[C@H](c2cccc(O)c2)C1=C(O)c1ccc(Cl)cc1. The molecule has 32 heavy (non-hydrogen) atoms. The zero-order chi connectivity index (χ0) is 22.7. The van der Waals surface area contributed by atoms with Gasteiger partial charge in [-0.15, -0.1) is 0 Å². The van der Waals surface area contributed by atoms with E-state index in [-0.39, 0.29) is 17.1 Å². The van der Waals surface area contributed by atoms with E-state index in [1.165, 1.54) is 17.0 Å². The summed E-state index contributed by atoms with van der Waals surface area (Å²) in [7, 11) is 0. The number of Topliss-reactive ketones (excluding diaryl/α,β-unsaturated/α-hetero) is 1. The summed E-state index contributed by atoms with van der Waals surface area (Å²) in [6.45, 7) is 4.18. The highest BCUT2D eigenvalue weighted by atomic mass is 35.5. The molecule has 2 aromatic rings.